The molecule has 3 aliphatic carbocycles. The number of fused-ring (bicyclic) bond motifs is 1. The van der Waals surface area contributed by atoms with E-state index in [0.717, 1.165) is 51.4 Å². The smallest absolute Gasteiger partial charge is 0.315 e. The number of piperidine rings is 1. The molecule has 41 heavy (non-hydrogen) atoms. The summed E-state index contributed by atoms with van der Waals surface area (Å²) in [5.74, 6) is -2.68. The zero-order valence-corrected chi connectivity index (χ0v) is 26.4. The zero-order valence-electron chi connectivity index (χ0n) is 24.9. The van der Waals surface area contributed by atoms with Crippen LogP contribution in [-0.2, 0) is 19.2 Å². The van der Waals surface area contributed by atoms with Crippen LogP contribution < -0.4 is 16.0 Å². The minimum Gasteiger partial charge on any atom is -0.344 e. The van der Waals surface area contributed by atoms with Gasteiger partial charge in [-0.25, -0.2) is 4.79 Å². The Morgan fingerprint density at radius 2 is 1.56 bits per heavy atom. The highest BCUT2D eigenvalue weighted by Crippen LogP contribution is 2.65. The van der Waals surface area contributed by atoms with Gasteiger partial charge in [0.15, 0.2) is 5.78 Å². The molecule has 11 heteroatoms. The maximum absolute atomic E-state index is 14.2. The number of hydrogen-bond acceptors (Lipinski definition) is 5. The predicted octanol–water partition coefficient (Wildman–Crippen LogP) is 4.13. The molecule has 3 N–H and O–H groups in total. The molecule has 0 radical (unpaired) electrons. The molecule has 6 atom stereocenters. The van der Waals surface area contributed by atoms with Crippen LogP contribution in [-0.4, -0.2) is 69.4 Å². The summed E-state index contributed by atoms with van der Waals surface area (Å²) >= 11 is 13.1. The molecule has 4 rings (SSSR count). The number of rotatable bonds is 10. The van der Waals surface area contributed by atoms with Gasteiger partial charge in [0.1, 0.15) is 16.4 Å². The van der Waals surface area contributed by atoms with Gasteiger partial charge in [-0.05, 0) is 43.4 Å². The largest absolute Gasteiger partial charge is 0.344 e. The minimum absolute atomic E-state index is 0.0602. The summed E-state index contributed by atoms with van der Waals surface area (Å²) in [6, 6.07) is -3.30. The number of nitrogens with one attached hydrogen (secondary N) is 3. The molecule has 0 bridgehead atoms. The van der Waals surface area contributed by atoms with Crippen LogP contribution in [0.2, 0.25) is 0 Å². The Bertz CT molecular complexity index is 1050. The van der Waals surface area contributed by atoms with E-state index >= 15 is 0 Å². The highest BCUT2D eigenvalue weighted by atomic mass is 35.5. The lowest BCUT2D eigenvalue weighted by Crippen LogP contribution is -2.61. The number of carbonyl (C=O) groups is 5. The molecule has 0 aromatic rings. The normalized spacial score (nSPS) is 28.0. The average Bonchev–Trinajstić information content (AvgIpc) is 3.20. The van der Waals surface area contributed by atoms with E-state index in [2.05, 4.69) is 16.0 Å². The highest BCUT2D eigenvalue weighted by Gasteiger charge is 2.74. The lowest BCUT2D eigenvalue weighted by Gasteiger charge is -2.37. The second kappa shape index (κ2) is 12.4. The number of ketones is 2. The molecule has 0 spiro atoms. The summed E-state index contributed by atoms with van der Waals surface area (Å²) < 4.78 is -1.15. The lowest BCUT2D eigenvalue weighted by molar-refractivity contribution is -0.144. The number of urea groups is 1. The van der Waals surface area contributed by atoms with E-state index in [0.29, 0.717) is 6.42 Å². The van der Waals surface area contributed by atoms with Crippen molar-refractivity contribution in [2.75, 3.05) is 6.54 Å². The summed E-state index contributed by atoms with van der Waals surface area (Å²) in [5.41, 5.74) is -0.168. The van der Waals surface area contributed by atoms with E-state index in [1.165, 1.54) is 11.8 Å². The van der Waals surface area contributed by atoms with Crippen LogP contribution in [0.3, 0.4) is 0 Å². The van der Waals surface area contributed by atoms with Crippen LogP contribution in [0.25, 0.3) is 0 Å². The maximum Gasteiger partial charge on any atom is 0.315 e. The molecule has 4 aliphatic rings. The Morgan fingerprint density at radius 1 is 0.927 bits per heavy atom. The van der Waals surface area contributed by atoms with E-state index in [-0.39, 0.29) is 41.7 Å². The van der Waals surface area contributed by atoms with Crippen LogP contribution in [0.1, 0.15) is 92.4 Å². The van der Waals surface area contributed by atoms with Crippen molar-refractivity contribution >= 4 is 52.6 Å². The molecular formula is C30H46Cl2N4O5. The third-order valence-corrected chi connectivity index (χ3v) is 11.0. The third kappa shape index (κ3) is 7.03. The van der Waals surface area contributed by atoms with Gasteiger partial charge in [0, 0.05) is 31.3 Å². The SMILES string of the molecule is CC(=O)C(=O)C(CC1CCC1)NC(=O)[C@@H]1C2C(CN1C(=O)[C@@H](NC(=O)NC(C)C(C)(C)C)C1CCCCC1)C2(Cl)Cl. The van der Waals surface area contributed by atoms with E-state index in [1.54, 1.807) is 0 Å². The van der Waals surface area contributed by atoms with E-state index in [9.17, 15) is 24.0 Å². The Kier molecular flexibility index (Phi) is 9.69. The first-order chi connectivity index (χ1) is 19.1. The topological polar surface area (TPSA) is 125 Å². The van der Waals surface area contributed by atoms with Gasteiger partial charge in [0.05, 0.1) is 6.04 Å². The second-order valence-electron chi connectivity index (χ2n) is 13.8. The highest BCUT2D eigenvalue weighted by molar-refractivity contribution is 6.51. The number of alkyl halides is 2. The molecule has 1 heterocycles. The molecule has 1 aliphatic heterocycles. The van der Waals surface area contributed by atoms with Gasteiger partial charge in [-0.1, -0.05) is 59.3 Å². The Balaban J connectivity index is 1.55. The number of amides is 4. The van der Waals surface area contributed by atoms with E-state index in [1.807, 2.05) is 27.7 Å². The average molecular weight is 614 g/mol. The van der Waals surface area contributed by atoms with Crippen molar-refractivity contribution in [2.24, 2.45) is 29.1 Å². The molecular weight excluding hydrogens is 567 g/mol. The quantitative estimate of drug-likeness (QED) is 0.253. The Morgan fingerprint density at radius 3 is 2.10 bits per heavy atom. The van der Waals surface area contributed by atoms with Crippen molar-refractivity contribution < 1.29 is 24.0 Å². The lowest BCUT2D eigenvalue weighted by atomic mass is 9.80. The predicted molar refractivity (Wildman–Crippen MR) is 157 cm³/mol. The number of likely N-dealkylation sites (tertiary alicyclic amines) is 1. The minimum atomic E-state index is -1.15. The first-order valence-corrected chi connectivity index (χ1v) is 16.0. The molecule has 230 valence electrons. The summed E-state index contributed by atoms with van der Waals surface area (Å²) in [6.07, 6.45) is 7.97. The van der Waals surface area contributed by atoms with Crippen LogP contribution in [0.4, 0.5) is 4.79 Å². The monoisotopic (exact) mass is 612 g/mol. The Labute approximate surface area is 253 Å². The van der Waals surface area contributed by atoms with Crippen molar-refractivity contribution in [1.82, 2.24) is 20.9 Å². The number of hydrogen-bond donors (Lipinski definition) is 3. The van der Waals surface area contributed by atoms with Gasteiger partial charge in [0.2, 0.25) is 17.6 Å². The van der Waals surface area contributed by atoms with E-state index in [4.69, 9.17) is 23.2 Å². The first kappa shape index (κ1) is 32.1. The zero-order chi connectivity index (χ0) is 30.3. The summed E-state index contributed by atoms with van der Waals surface area (Å²) in [6.45, 7) is 9.41. The molecule has 4 fully saturated rings. The van der Waals surface area contributed by atoms with Crippen molar-refractivity contribution in [3.8, 4) is 0 Å². The van der Waals surface area contributed by atoms with Crippen LogP contribution in [0, 0.1) is 29.1 Å². The van der Waals surface area contributed by atoms with Gasteiger partial charge in [-0.2, -0.15) is 0 Å². The third-order valence-electron chi connectivity index (χ3n) is 9.98. The number of carbonyl (C=O) groups excluding carboxylic acids is 5. The maximum atomic E-state index is 14.2. The molecule has 4 unspecified atom stereocenters. The van der Waals surface area contributed by atoms with Gasteiger partial charge < -0.3 is 20.9 Å². The van der Waals surface area contributed by atoms with Crippen molar-refractivity contribution in [1.29, 1.82) is 0 Å². The van der Waals surface area contributed by atoms with Crippen molar-refractivity contribution in [2.45, 2.75) is 121 Å². The van der Waals surface area contributed by atoms with Crippen molar-refractivity contribution in [3.05, 3.63) is 0 Å². The first-order valence-electron chi connectivity index (χ1n) is 15.2. The van der Waals surface area contributed by atoms with Crippen molar-refractivity contribution in [3.63, 3.8) is 0 Å². The Hall–Kier alpha value is -1.87. The van der Waals surface area contributed by atoms with Crippen LogP contribution >= 0.6 is 23.2 Å². The van der Waals surface area contributed by atoms with Gasteiger partial charge in [-0.15, -0.1) is 23.2 Å². The molecule has 9 nitrogen and oxygen atoms in total. The fraction of sp³-hybridized carbons (Fsp3) is 0.833. The number of halogens is 2. The number of nitrogens with zero attached hydrogens (tertiary/aromatic N) is 1. The molecule has 3 saturated carbocycles. The van der Waals surface area contributed by atoms with E-state index < -0.39 is 51.9 Å². The molecule has 1 saturated heterocycles. The molecule has 0 aromatic carbocycles. The fourth-order valence-corrected chi connectivity index (χ4v) is 7.38. The summed E-state index contributed by atoms with van der Waals surface area (Å²) in [4.78, 5) is 67.3. The molecule has 4 amide bonds. The van der Waals surface area contributed by atoms with Gasteiger partial charge >= 0.3 is 6.03 Å². The second-order valence-corrected chi connectivity index (χ2v) is 15.3. The van der Waals surface area contributed by atoms with Gasteiger partial charge in [-0.3, -0.25) is 19.2 Å². The summed E-state index contributed by atoms with van der Waals surface area (Å²) in [7, 11) is 0. The van der Waals surface area contributed by atoms with Crippen LogP contribution in [0.15, 0.2) is 0 Å². The standard InChI is InChI=1S/C30H46Cl2N4O5/c1-16(37)25(38)21(14-18-10-9-11-18)34-26(39)24-22-20(30(22,31)32)15-36(24)27(40)23(19-12-7-6-8-13-19)35-28(41)33-17(2)29(3,4)5/h17-24H,6-15H2,1-5H3,(H,34,39)(H2,33,35,41)/t17?,20?,21?,22?,23-,24-/m0/s1. The number of Topliss-reactive ketones (excluding diaryl/α,β-unsaturated/α-hetero) is 2. The van der Waals surface area contributed by atoms with Gasteiger partial charge in [0.25, 0.3) is 0 Å². The summed E-state index contributed by atoms with van der Waals surface area (Å²) in [5, 5.41) is 8.72. The van der Waals surface area contributed by atoms with Crippen LogP contribution in [0.5, 0.6) is 0 Å². The fourth-order valence-electron chi connectivity index (χ4n) is 6.55. The molecule has 0 aromatic heterocycles.